The second-order valence-corrected chi connectivity index (χ2v) is 8.77. The van der Waals surface area contributed by atoms with Crippen molar-refractivity contribution < 1.29 is 14.8 Å². The summed E-state index contributed by atoms with van der Waals surface area (Å²) in [5.74, 6) is -0.323. The lowest BCUT2D eigenvalue weighted by Gasteiger charge is -2.29. The first kappa shape index (κ1) is 19.4. The molecule has 7 nitrogen and oxygen atoms in total. The molecule has 26 heavy (non-hydrogen) atoms. The van der Waals surface area contributed by atoms with Gasteiger partial charge in [0.2, 0.25) is 0 Å². The Labute approximate surface area is 167 Å². The molecule has 3 rings (SSSR count). The molecule has 3 heterocycles. The van der Waals surface area contributed by atoms with Gasteiger partial charge < -0.3 is 10.0 Å². The number of carbonyl (C=O) groups excluding carboxylic acids is 1. The SMILES string of the molecule is O=C(c1cc([N+](=O)[O-])c(Sc2c(Cl)cncc2Cl)s1)N1CCCC(O)C1. The molecule has 0 spiro atoms. The molecule has 0 radical (unpaired) electrons. The number of aliphatic hydroxyl groups excluding tert-OH is 1. The number of β-amino-alcohol motifs (C(OH)–C–C–N with tert-alkyl or cyclic N) is 1. The monoisotopic (exact) mass is 433 g/mol. The maximum absolute atomic E-state index is 12.7. The fourth-order valence-electron chi connectivity index (χ4n) is 2.56. The number of hydrogen-bond acceptors (Lipinski definition) is 7. The molecule has 0 bridgehead atoms. The highest BCUT2D eigenvalue weighted by Crippen LogP contribution is 2.45. The predicted molar refractivity (Wildman–Crippen MR) is 100 cm³/mol. The van der Waals surface area contributed by atoms with Gasteiger partial charge in [-0.2, -0.15) is 0 Å². The van der Waals surface area contributed by atoms with Crippen molar-refractivity contribution in [1.29, 1.82) is 0 Å². The summed E-state index contributed by atoms with van der Waals surface area (Å²) in [6, 6.07) is 1.26. The number of likely N-dealkylation sites (tertiary alicyclic amines) is 1. The van der Waals surface area contributed by atoms with Crippen LogP contribution in [0.2, 0.25) is 10.0 Å². The van der Waals surface area contributed by atoms with Crippen LogP contribution in [0.1, 0.15) is 22.5 Å². The van der Waals surface area contributed by atoms with Crippen molar-refractivity contribution in [2.24, 2.45) is 0 Å². The zero-order chi connectivity index (χ0) is 18.8. The first-order valence-electron chi connectivity index (χ1n) is 7.59. The van der Waals surface area contributed by atoms with Gasteiger partial charge in [0.05, 0.1) is 26.0 Å². The molecule has 1 aliphatic rings. The summed E-state index contributed by atoms with van der Waals surface area (Å²) < 4.78 is 0.311. The molecule has 1 aliphatic heterocycles. The molecule has 2 aromatic rings. The Kier molecular flexibility index (Phi) is 6.03. The van der Waals surface area contributed by atoms with Crippen LogP contribution in [0, 0.1) is 10.1 Å². The molecular weight excluding hydrogens is 421 g/mol. The van der Waals surface area contributed by atoms with E-state index in [0.717, 1.165) is 23.1 Å². The van der Waals surface area contributed by atoms with Gasteiger partial charge in [-0.15, -0.1) is 11.3 Å². The molecule has 1 unspecified atom stereocenters. The van der Waals surface area contributed by atoms with Gasteiger partial charge in [-0.05, 0) is 12.8 Å². The van der Waals surface area contributed by atoms with Gasteiger partial charge in [0, 0.05) is 31.5 Å². The van der Waals surface area contributed by atoms with Crippen LogP contribution in [0.25, 0.3) is 0 Å². The van der Waals surface area contributed by atoms with E-state index in [0.29, 0.717) is 28.5 Å². The lowest BCUT2D eigenvalue weighted by molar-refractivity contribution is -0.387. The van der Waals surface area contributed by atoms with Crippen molar-refractivity contribution in [2.75, 3.05) is 13.1 Å². The molecule has 1 amide bonds. The van der Waals surface area contributed by atoms with Crippen molar-refractivity contribution in [2.45, 2.75) is 28.1 Å². The molecule has 1 atom stereocenters. The highest BCUT2D eigenvalue weighted by molar-refractivity contribution is 8.01. The van der Waals surface area contributed by atoms with E-state index >= 15 is 0 Å². The standard InChI is InChI=1S/C15H13Cl2N3O4S2/c16-9-5-18-6-10(17)13(9)26-15-11(20(23)24)4-12(25-15)14(22)19-3-1-2-8(21)7-19/h4-6,8,21H,1-3,7H2. The third-order valence-electron chi connectivity index (χ3n) is 3.78. The third-order valence-corrected chi connectivity index (χ3v) is 7.02. The summed E-state index contributed by atoms with van der Waals surface area (Å²) in [5.41, 5.74) is -0.176. The van der Waals surface area contributed by atoms with Crippen LogP contribution in [-0.2, 0) is 0 Å². The van der Waals surface area contributed by atoms with E-state index < -0.39 is 11.0 Å². The average Bonchev–Trinajstić information content (AvgIpc) is 3.02. The van der Waals surface area contributed by atoms with Crippen LogP contribution in [0.3, 0.4) is 0 Å². The molecule has 0 aliphatic carbocycles. The molecule has 1 saturated heterocycles. The summed E-state index contributed by atoms with van der Waals surface area (Å²) in [7, 11) is 0. The number of halogens is 2. The average molecular weight is 434 g/mol. The number of rotatable bonds is 4. The van der Waals surface area contributed by atoms with Gasteiger partial charge in [0.15, 0.2) is 0 Å². The van der Waals surface area contributed by atoms with Crippen LogP contribution >= 0.6 is 46.3 Å². The maximum Gasteiger partial charge on any atom is 0.294 e. The second-order valence-electron chi connectivity index (χ2n) is 5.62. The Morgan fingerprint density at radius 3 is 2.73 bits per heavy atom. The van der Waals surface area contributed by atoms with E-state index in [2.05, 4.69) is 4.98 Å². The summed E-state index contributed by atoms with van der Waals surface area (Å²) >= 11 is 14.2. The van der Waals surface area contributed by atoms with Crippen LogP contribution in [-0.4, -0.2) is 45.0 Å². The summed E-state index contributed by atoms with van der Waals surface area (Å²) in [6.45, 7) is 0.751. The number of carbonyl (C=O) groups is 1. The molecular formula is C15H13Cl2N3O4S2. The van der Waals surface area contributed by atoms with E-state index in [4.69, 9.17) is 23.2 Å². The fourth-order valence-corrected chi connectivity index (χ4v) is 5.39. The number of aromatic nitrogens is 1. The van der Waals surface area contributed by atoms with Crippen molar-refractivity contribution in [1.82, 2.24) is 9.88 Å². The van der Waals surface area contributed by atoms with E-state index in [9.17, 15) is 20.0 Å². The van der Waals surface area contributed by atoms with Crippen LogP contribution in [0.4, 0.5) is 5.69 Å². The minimum atomic E-state index is -0.564. The minimum absolute atomic E-state index is 0.176. The quantitative estimate of drug-likeness (QED) is 0.575. The molecule has 2 aromatic heterocycles. The lowest BCUT2D eigenvalue weighted by Crippen LogP contribution is -2.41. The van der Waals surface area contributed by atoms with E-state index in [-0.39, 0.29) is 33.1 Å². The summed E-state index contributed by atoms with van der Waals surface area (Å²) in [4.78, 5) is 29.6. The normalized spacial score (nSPS) is 17.3. The predicted octanol–water partition coefficient (Wildman–Crippen LogP) is 4.11. The van der Waals surface area contributed by atoms with Crippen LogP contribution in [0.5, 0.6) is 0 Å². The van der Waals surface area contributed by atoms with Gasteiger partial charge in [-0.3, -0.25) is 19.9 Å². The molecule has 1 N–H and O–H groups in total. The van der Waals surface area contributed by atoms with Crippen molar-refractivity contribution in [3.63, 3.8) is 0 Å². The van der Waals surface area contributed by atoms with Gasteiger partial charge in [0.25, 0.3) is 11.6 Å². The maximum atomic E-state index is 12.7. The van der Waals surface area contributed by atoms with Crippen LogP contribution in [0.15, 0.2) is 27.6 Å². The number of amides is 1. The molecule has 1 fully saturated rings. The molecule has 0 saturated carbocycles. The lowest BCUT2D eigenvalue weighted by atomic mass is 10.1. The number of hydrogen-bond donors (Lipinski definition) is 1. The zero-order valence-electron chi connectivity index (χ0n) is 13.2. The minimum Gasteiger partial charge on any atom is -0.391 e. The van der Waals surface area contributed by atoms with Crippen molar-refractivity contribution >= 4 is 57.9 Å². The Balaban J connectivity index is 1.91. The number of nitrogens with zero attached hydrogens (tertiary/aromatic N) is 3. The smallest absolute Gasteiger partial charge is 0.294 e. The van der Waals surface area contributed by atoms with Crippen LogP contribution < -0.4 is 0 Å². The van der Waals surface area contributed by atoms with Crippen molar-refractivity contribution in [3.05, 3.63) is 43.5 Å². The number of aliphatic hydroxyl groups is 1. The highest BCUT2D eigenvalue weighted by Gasteiger charge is 2.29. The Bertz CT molecular complexity index is 841. The van der Waals surface area contributed by atoms with Crippen molar-refractivity contribution in [3.8, 4) is 0 Å². The van der Waals surface area contributed by atoms with Gasteiger partial charge in [-0.25, -0.2) is 0 Å². The van der Waals surface area contributed by atoms with E-state index in [1.54, 1.807) is 0 Å². The Hall–Kier alpha value is -1.39. The highest BCUT2D eigenvalue weighted by atomic mass is 35.5. The second kappa shape index (κ2) is 8.10. The third kappa shape index (κ3) is 4.12. The van der Waals surface area contributed by atoms with Gasteiger partial charge >= 0.3 is 0 Å². The molecule has 0 aromatic carbocycles. The largest absolute Gasteiger partial charge is 0.391 e. The molecule has 11 heteroatoms. The van der Waals surface area contributed by atoms with Gasteiger partial charge in [-0.1, -0.05) is 35.0 Å². The van der Waals surface area contributed by atoms with E-state index in [1.807, 2.05) is 0 Å². The summed E-state index contributed by atoms with van der Waals surface area (Å²) in [6.07, 6.45) is 3.58. The fraction of sp³-hybridized carbons (Fsp3) is 0.333. The number of thiophene rings is 1. The van der Waals surface area contributed by atoms with Gasteiger partial charge in [0.1, 0.15) is 9.09 Å². The first-order chi connectivity index (χ1) is 12.4. The Morgan fingerprint density at radius 2 is 2.12 bits per heavy atom. The number of pyridine rings is 1. The first-order valence-corrected chi connectivity index (χ1v) is 9.98. The topological polar surface area (TPSA) is 96.6 Å². The number of piperidine rings is 1. The van der Waals surface area contributed by atoms with E-state index in [1.165, 1.54) is 23.4 Å². The molecule has 138 valence electrons. The Morgan fingerprint density at radius 1 is 1.42 bits per heavy atom. The number of nitro groups is 1. The summed E-state index contributed by atoms with van der Waals surface area (Å²) in [5, 5.41) is 21.7. The zero-order valence-corrected chi connectivity index (χ0v) is 16.4.